The molecule has 0 unspecified atom stereocenters. The predicted octanol–water partition coefficient (Wildman–Crippen LogP) is 0.465. The number of rotatable bonds is 2. The van der Waals surface area contributed by atoms with Crippen LogP contribution in [0.25, 0.3) is 0 Å². The highest BCUT2D eigenvalue weighted by atomic mass is 15.3. The summed E-state index contributed by atoms with van der Waals surface area (Å²) in [4.78, 5) is 6.31. The zero-order valence-corrected chi connectivity index (χ0v) is 8.70. The van der Waals surface area contributed by atoms with Crippen molar-refractivity contribution in [2.45, 2.75) is 31.2 Å². The molecule has 78 valence electrons. The second kappa shape index (κ2) is 3.57. The lowest BCUT2D eigenvalue weighted by atomic mass is 10.0. The Labute approximate surface area is 83.7 Å². The van der Waals surface area contributed by atoms with Crippen LogP contribution < -0.4 is 10.6 Å². The first-order chi connectivity index (χ1) is 6.68. The van der Waals surface area contributed by atoms with E-state index in [4.69, 9.17) is 5.73 Å². The maximum absolute atomic E-state index is 5.99. The Morgan fingerprint density at radius 3 is 2.71 bits per heavy atom. The van der Waals surface area contributed by atoms with E-state index in [-0.39, 0.29) is 6.04 Å². The summed E-state index contributed by atoms with van der Waals surface area (Å²) in [6.07, 6.45) is 3.43. The van der Waals surface area contributed by atoms with Gasteiger partial charge in [-0.15, -0.1) is 5.10 Å². The van der Waals surface area contributed by atoms with Crippen molar-refractivity contribution < 1.29 is 0 Å². The number of aromatic amines is 1. The summed E-state index contributed by atoms with van der Waals surface area (Å²) < 4.78 is 0. The quantitative estimate of drug-likeness (QED) is 0.719. The summed E-state index contributed by atoms with van der Waals surface area (Å²) >= 11 is 0. The third kappa shape index (κ3) is 1.59. The van der Waals surface area contributed by atoms with Gasteiger partial charge in [0.1, 0.15) is 5.82 Å². The Morgan fingerprint density at radius 1 is 1.43 bits per heavy atom. The van der Waals surface area contributed by atoms with Gasteiger partial charge in [-0.2, -0.15) is 4.98 Å². The number of hydrogen-bond donors (Lipinski definition) is 2. The first-order valence-electron chi connectivity index (χ1n) is 5.03. The van der Waals surface area contributed by atoms with Gasteiger partial charge in [0, 0.05) is 26.1 Å². The highest BCUT2D eigenvalue weighted by Crippen LogP contribution is 2.31. The third-order valence-corrected chi connectivity index (χ3v) is 2.81. The van der Waals surface area contributed by atoms with Gasteiger partial charge in [0.05, 0.1) is 0 Å². The molecule has 1 fully saturated rings. The number of nitrogens with two attached hydrogens (primary N) is 1. The van der Waals surface area contributed by atoms with Crippen molar-refractivity contribution in [3.05, 3.63) is 5.82 Å². The lowest BCUT2D eigenvalue weighted by Crippen LogP contribution is -2.23. The van der Waals surface area contributed by atoms with E-state index in [9.17, 15) is 0 Å². The van der Waals surface area contributed by atoms with Crippen LogP contribution in [0.5, 0.6) is 0 Å². The summed E-state index contributed by atoms with van der Waals surface area (Å²) in [7, 11) is 3.86. The molecule has 0 aromatic carbocycles. The molecule has 0 bridgehead atoms. The maximum atomic E-state index is 5.99. The summed E-state index contributed by atoms with van der Waals surface area (Å²) in [5, 5.41) is 7.11. The summed E-state index contributed by atoms with van der Waals surface area (Å²) in [6, 6.07) is 0.248. The normalized spacial score (nSPS) is 26.8. The number of anilines is 1. The van der Waals surface area contributed by atoms with Gasteiger partial charge in [-0.05, 0) is 12.8 Å². The molecule has 0 radical (unpaired) electrons. The average molecular weight is 195 g/mol. The zero-order chi connectivity index (χ0) is 10.1. The third-order valence-electron chi connectivity index (χ3n) is 2.81. The molecule has 3 N–H and O–H groups in total. The fourth-order valence-corrected chi connectivity index (χ4v) is 1.96. The Balaban J connectivity index is 2.16. The topological polar surface area (TPSA) is 70.8 Å². The molecule has 14 heavy (non-hydrogen) atoms. The molecule has 1 aliphatic rings. The molecule has 1 saturated carbocycles. The molecule has 1 aromatic rings. The predicted molar refractivity (Wildman–Crippen MR) is 55.3 cm³/mol. The van der Waals surface area contributed by atoms with Gasteiger partial charge in [-0.25, -0.2) is 0 Å². The van der Waals surface area contributed by atoms with Crippen molar-refractivity contribution in [3.63, 3.8) is 0 Å². The molecule has 0 amide bonds. The van der Waals surface area contributed by atoms with Crippen LogP contribution in [0.15, 0.2) is 0 Å². The fourth-order valence-electron chi connectivity index (χ4n) is 1.96. The molecule has 0 saturated heterocycles. The lowest BCUT2D eigenvalue weighted by Gasteiger charge is -2.11. The van der Waals surface area contributed by atoms with Crippen LogP contribution >= 0.6 is 0 Å². The zero-order valence-electron chi connectivity index (χ0n) is 8.70. The van der Waals surface area contributed by atoms with Crippen LogP contribution in [0.3, 0.4) is 0 Å². The van der Waals surface area contributed by atoms with Crippen LogP contribution in [0.4, 0.5) is 5.95 Å². The second-order valence-corrected chi connectivity index (χ2v) is 4.12. The molecule has 5 nitrogen and oxygen atoms in total. The van der Waals surface area contributed by atoms with Gasteiger partial charge in [-0.1, -0.05) is 6.42 Å². The van der Waals surface area contributed by atoms with E-state index >= 15 is 0 Å². The van der Waals surface area contributed by atoms with E-state index in [0.717, 1.165) is 24.6 Å². The smallest absolute Gasteiger partial charge is 0.244 e. The molecule has 2 rings (SSSR count). The Kier molecular flexibility index (Phi) is 2.41. The van der Waals surface area contributed by atoms with Crippen LogP contribution in [-0.4, -0.2) is 35.3 Å². The Hall–Kier alpha value is -1.10. The van der Waals surface area contributed by atoms with E-state index in [1.807, 2.05) is 19.0 Å². The van der Waals surface area contributed by atoms with E-state index in [2.05, 4.69) is 15.2 Å². The summed E-state index contributed by atoms with van der Waals surface area (Å²) in [5.41, 5.74) is 5.99. The number of hydrogen-bond acceptors (Lipinski definition) is 4. The van der Waals surface area contributed by atoms with E-state index in [1.54, 1.807) is 0 Å². The largest absolute Gasteiger partial charge is 0.346 e. The second-order valence-electron chi connectivity index (χ2n) is 4.12. The van der Waals surface area contributed by atoms with E-state index in [1.165, 1.54) is 6.42 Å². The van der Waals surface area contributed by atoms with Gasteiger partial charge in [-0.3, -0.25) is 5.10 Å². The van der Waals surface area contributed by atoms with Gasteiger partial charge in [0.25, 0.3) is 0 Å². The van der Waals surface area contributed by atoms with Crippen LogP contribution in [0.1, 0.15) is 31.0 Å². The lowest BCUT2D eigenvalue weighted by molar-refractivity contribution is 0.583. The molecule has 5 heteroatoms. The maximum Gasteiger partial charge on any atom is 0.244 e. The average Bonchev–Trinajstić information content (AvgIpc) is 2.71. The molecule has 1 heterocycles. The summed E-state index contributed by atoms with van der Waals surface area (Å²) in [5.74, 6) is 2.05. The van der Waals surface area contributed by atoms with Crippen molar-refractivity contribution in [1.82, 2.24) is 15.2 Å². The fraction of sp³-hybridized carbons (Fsp3) is 0.778. The number of nitrogens with zero attached hydrogens (tertiary/aromatic N) is 3. The molecular weight excluding hydrogens is 178 g/mol. The van der Waals surface area contributed by atoms with Gasteiger partial charge < -0.3 is 10.6 Å². The standard InChI is InChI=1S/C9H17N5/c1-14(2)9-11-8(12-13-9)6-4-3-5-7(6)10/h6-7H,3-5,10H2,1-2H3,(H,11,12,13)/t6-,7+/m1/s1. The minimum Gasteiger partial charge on any atom is -0.346 e. The van der Waals surface area contributed by atoms with Crippen LogP contribution in [0.2, 0.25) is 0 Å². The highest BCUT2D eigenvalue weighted by molar-refractivity contribution is 5.26. The van der Waals surface area contributed by atoms with Gasteiger partial charge in [0.15, 0.2) is 0 Å². The van der Waals surface area contributed by atoms with E-state index < -0.39 is 0 Å². The van der Waals surface area contributed by atoms with Crippen molar-refractivity contribution in [1.29, 1.82) is 0 Å². The number of H-pyrrole nitrogens is 1. The van der Waals surface area contributed by atoms with Crippen molar-refractivity contribution in [2.75, 3.05) is 19.0 Å². The van der Waals surface area contributed by atoms with E-state index in [0.29, 0.717) is 5.92 Å². The summed E-state index contributed by atoms with van der Waals surface area (Å²) in [6.45, 7) is 0. The number of aromatic nitrogens is 3. The minimum atomic E-state index is 0.248. The molecule has 2 atom stereocenters. The van der Waals surface area contributed by atoms with Gasteiger partial charge >= 0.3 is 0 Å². The van der Waals surface area contributed by atoms with Crippen LogP contribution in [0, 0.1) is 0 Å². The van der Waals surface area contributed by atoms with Gasteiger partial charge in [0.2, 0.25) is 5.95 Å². The van der Waals surface area contributed by atoms with Crippen molar-refractivity contribution in [2.24, 2.45) is 5.73 Å². The molecule has 0 spiro atoms. The minimum absolute atomic E-state index is 0.248. The van der Waals surface area contributed by atoms with Crippen LogP contribution in [-0.2, 0) is 0 Å². The SMILES string of the molecule is CN(C)c1n[nH]c([C@@H]2CCC[C@@H]2N)n1. The molecule has 0 aliphatic heterocycles. The molecule has 1 aliphatic carbocycles. The first kappa shape index (κ1) is 9.45. The Morgan fingerprint density at radius 2 is 2.21 bits per heavy atom. The van der Waals surface area contributed by atoms with Crippen molar-refractivity contribution in [3.8, 4) is 0 Å². The van der Waals surface area contributed by atoms with Crippen molar-refractivity contribution >= 4 is 5.95 Å². The monoisotopic (exact) mass is 195 g/mol. The highest BCUT2D eigenvalue weighted by Gasteiger charge is 2.28. The molecular formula is C9H17N5. The first-order valence-corrected chi connectivity index (χ1v) is 5.03. The molecule has 1 aromatic heterocycles. The Bertz CT molecular complexity index is 306. The number of nitrogens with one attached hydrogen (secondary N) is 1.